The molecule has 0 spiro atoms. The molecule has 1 aliphatic heterocycles. The quantitative estimate of drug-likeness (QED) is 0.200. The van der Waals surface area contributed by atoms with Crippen LogP contribution in [0.1, 0.15) is 36.1 Å². The van der Waals surface area contributed by atoms with Crippen LogP contribution in [0.5, 0.6) is 11.5 Å². The van der Waals surface area contributed by atoms with Gasteiger partial charge in [0.2, 0.25) is 0 Å². The summed E-state index contributed by atoms with van der Waals surface area (Å²) in [6.45, 7) is 4.53. The molecule has 0 radical (unpaired) electrons. The van der Waals surface area contributed by atoms with E-state index in [2.05, 4.69) is 91.2 Å². The van der Waals surface area contributed by atoms with Crippen LogP contribution in [0, 0.1) is 22.7 Å². The van der Waals surface area contributed by atoms with Crippen LogP contribution >= 0.6 is 0 Å². The lowest BCUT2D eigenvalue weighted by Gasteiger charge is -2.34. The smallest absolute Gasteiger partial charge is 0.137 e. The topological polar surface area (TPSA) is 74.9 Å². The fourth-order valence-corrected chi connectivity index (χ4v) is 7.26. The average Bonchev–Trinajstić information content (AvgIpc) is 3.62. The number of nitrogens with zero attached hydrogens (tertiary/aromatic N) is 3. The zero-order valence-corrected chi connectivity index (χ0v) is 25.1. The van der Waals surface area contributed by atoms with E-state index in [1.54, 1.807) is 6.07 Å². The molecule has 5 heteroatoms. The second kappa shape index (κ2) is 9.35. The summed E-state index contributed by atoms with van der Waals surface area (Å²) in [7, 11) is 0. The minimum atomic E-state index is -0.229. The number of furan rings is 1. The number of hydrogen-bond acceptors (Lipinski definition) is 4. The van der Waals surface area contributed by atoms with Gasteiger partial charge in [0, 0.05) is 38.8 Å². The highest BCUT2D eigenvalue weighted by atomic mass is 16.5. The SMILES string of the molecule is CC1(C)c2ccccc2Oc2cc3c(cc21)c1ccccc1n3-c1cccc2oc3ccc(-c4cc(C#N)cc(C#N)c4)cc3c12. The predicted molar refractivity (Wildman–Crippen MR) is 182 cm³/mol. The Hall–Kier alpha value is -6.30. The van der Waals surface area contributed by atoms with E-state index in [1.807, 2.05) is 48.5 Å². The van der Waals surface area contributed by atoms with E-state index in [-0.39, 0.29) is 5.41 Å². The minimum absolute atomic E-state index is 0.229. The molecule has 5 nitrogen and oxygen atoms in total. The van der Waals surface area contributed by atoms with Crippen molar-refractivity contribution in [3.8, 4) is 40.5 Å². The van der Waals surface area contributed by atoms with Gasteiger partial charge in [-0.05, 0) is 71.8 Å². The maximum atomic E-state index is 9.59. The van der Waals surface area contributed by atoms with Crippen molar-refractivity contribution >= 4 is 43.7 Å². The van der Waals surface area contributed by atoms with E-state index in [0.29, 0.717) is 11.1 Å². The Balaban J connectivity index is 1.33. The molecular weight excluding hydrogens is 566 g/mol. The number of nitriles is 2. The van der Waals surface area contributed by atoms with Gasteiger partial charge in [0.1, 0.15) is 22.7 Å². The van der Waals surface area contributed by atoms with Crippen molar-refractivity contribution in [2.75, 3.05) is 0 Å². The summed E-state index contributed by atoms with van der Waals surface area (Å²) < 4.78 is 15.3. The highest BCUT2D eigenvalue weighted by molar-refractivity contribution is 6.15. The van der Waals surface area contributed by atoms with Crippen LogP contribution in [-0.2, 0) is 5.41 Å². The molecule has 0 aliphatic carbocycles. The van der Waals surface area contributed by atoms with Crippen molar-refractivity contribution in [3.63, 3.8) is 0 Å². The zero-order valence-electron chi connectivity index (χ0n) is 25.1. The van der Waals surface area contributed by atoms with Crippen LogP contribution in [0.2, 0.25) is 0 Å². The van der Waals surface area contributed by atoms with Crippen LogP contribution in [0.4, 0.5) is 0 Å². The van der Waals surface area contributed by atoms with Gasteiger partial charge >= 0.3 is 0 Å². The second-order valence-electron chi connectivity index (χ2n) is 12.4. The Morgan fingerprint density at radius 3 is 2.20 bits per heavy atom. The summed E-state index contributed by atoms with van der Waals surface area (Å²) in [5.41, 5.74) is 9.42. The van der Waals surface area contributed by atoms with Crippen LogP contribution in [0.15, 0.2) is 120 Å². The first kappa shape index (κ1) is 26.1. The fourth-order valence-electron chi connectivity index (χ4n) is 7.26. The van der Waals surface area contributed by atoms with Gasteiger partial charge in [-0.1, -0.05) is 62.4 Å². The van der Waals surface area contributed by atoms with Gasteiger partial charge in [-0.2, -0.15) is 10.5 Å². The fraction of sp³-hybridized carbons (Fsp3) is 0.0732. The van der Waals surface area contributed by atoms with E-state index < -0.39 is 0 Å². The molecule has 0 N–H and O–H groups in total. The summed E-state index contributed by atoms with van der Waals surface area (Å²) in [6.07, 6.45) is 0. The Morgan fingerprint density at radius 1 is 0.587 bits per heavy atom. The van der Waals surface area contributed by atoms with E-state index in [9.17, 15) is 10.5 Å². The Kier molecular flexibility index (Phi) is 5.31. The van der Waals surface area contributed by atoms with Gasteiger partial charge in [-0.15, -0.1) is 0 Å². The molecule has 0 amide bonds. The molecule has 0 saturated heterocycles. The lowest BCUT2D eigenvalue weighted by Crippen LogP contribution is -2.24. The maximum Gasteiger partial charge on any atom is 0.137 e. The number of rotatable bonds is 2. The van der Waals surface area contributed by atoms with Crippen molar-refractivity contribution in [3.05, 3.63) is 138 Å². The third-order valence-electron chi connectivity index (χ3n) is 9.47. The molecule has 6 aromatic carbocycles. The largest absolute Gasteiger partial charge is 0.457 e. The van der Waals surface area contributed by atoms with Crippen LogP contribution in [0.3, 0.4) is 0 Å². The Morgan fingerprint density at radius 2 is 1.37 bits per heavy atom. The molecular formula is C41H25N3O2. The molecule has 0 unspecified atom stereocenters. The Bertz CT molecular complexity index is 2640. The molecule has 46 heavy (non-hydrogen) atoms. The monoisotopic (exact) mass is 591 g/mol. The number of fused-ring (bicyclic) bond motifs is 8. The predicted octanol–water partition coefficient (Wildman–Crippen LogP) is 10.5. The van der Waals surface area contributed by atoms with Gasteiger partial charge in [0.15, 0.2) is 0 Å². The number of aromatic nitrogens is 1. The molecule has 0 bridgehead atoms. The maximum absolute atomic E-state index is 9.59. The van der Waals surface area contributed by atoms with Gasteiger partial charge in [0.25, 0.3) is 0 Å². The minimum Gasteiger partial charge on any atom is -0.457 e. The number of benzene rings is 6. The Labute approximate surface area is 264 Å². The highest BCUT2D eigenvalue weighted by Gasteiger charge is 2.35. The van der Waals surface area contributed by atoms with E-state index in [4.69, 9.17) is 9.15 Å². The van der Waals surface area contributed by atoms with Crippen molar-refractivity contribution < 1.29 is 9.15 Å². The summed E-state index contributed by atoms with van der Waals surface area (Å²) in [5.74, 6) is 1.75. The number of ether oxygens (including phenoxy) is 1. The highest BCUT2D eigenvalue weighted by Crippen LogP contribution is 2.50. The normalized spacial score (nSPS) is 13.3. The molecule has 0 fully saturated rings. The molecule has 0 saturated carbocycles. The molecule has 2 aromatic heterocycles. The number of para-hydroxylation sites is 2. The first-order valence-corrected chi connectivity index (χ1v) is 15.2. The van der Waals surface area contributed by atoms with E-state index >= 15 is 0 Å². The third kappa shape index (κ3) is 3.60. The van der Waals surface area contributed by atoms with Crippen molar-refractivity contribution in [1.29, 1.82) is 10.5 Å². The van der Waals surface area contributed by atoms with Crippen LogP contribution in [0.25, 0.3) is 60.6 Å². The van der Waals surface area contributed by atoms with Crippen LogP contribution < -0.4 is 4.74 Å². The molecule has 216 valence electrons. The first-order chi connectivity index (χ1) is 22.4. The second-order valence-corrected chi connectivity index (χ2v) is 12.4. The molecule has 1 aliphatic rings. The van der Waals surface area contributed by atoms with Gasteiger partial charge in [-0.3, -0.25) is 0 Å². The zero-order chi connectivity index (χ0) is 31.2. The molecule has 0 atom stereocenters. The molecule has 9 rings (SSSR count). The van der Waals surface area contributed by atoms with E-state index in [0.717, 1.165) is 77.6 Å². The molecule has 3 heterocycles. The summed E-state index contributed by atoms with van der Waals surface area (Å²) in [5, 5.41) is 23.4. The first-order valence-electron chi connectivity index (χ1n) is 15.2. The summed E-state index contributed by atoms with van der Waals surface area (Å²) in [4.78, 5) is 0. The van der Waals surface area contributed by atoms with Crippen molar-refractivity contribution in [1.82, 2.24) is 4.57 Å². The average molecular weight is 592 g/mol. The van der Waals surface area contributed by atoms with Crippen LogP contribution in [-0.4, -0.2) is 4.57 Å². The standard InChI is InChI=1S/C41H25N3O2/c1-41(2)31-9-4-6-12-37(31)46-39-21-35-29(20-32(39)41)28-8-3-5-10-33(28)44(35)34-11-7-13-38-40(34)30-19-26(14-15-36(30)45-38)27-17-24(22-42)16-25(18-27)23-43/h3-21H,1-2H3. The number of hydrogen-bond donors (Lipinski definition) is 0. The molecule has 8 aromatic rings. The lowest BCUT2D eigenvalue weighted by atomic mass is 9.75. The van der Waals surface area contributed by atoms with E-state index in [1.165, 1.54) is 5.56 Å². The van der Waals surface area contributed by atoms with Gasteiger partial charge in [-0.25, -0.2) is 0 Å². The third-order valence-corrected chi connectivity index (χ3v) is 9.47. The lowest BCUT2D eigenvalue weighted by molar-refractivity contribution is 0.419. The van der Waals surface area contributed by atoms with Gasteiger partial charge < -0.3 is 13.7 Å². The summed E-state index contributed by atoms with van der Waals surface area (Å²) in [6, 6.07) is 43.1. The van der Waals surface area contributed by atoms with Crippen molar-refractivity contribution in [2.24, 2.45) is 0 Å². The summed E-state index contributed by atoms with van der Waals surface area (Å²) >= 11 is 0. The van der Waals surface area contributed by atoms with Gasteiger partial charge in [0.05, 0.1) is 45.4 Å². The van der Waals surface area contributed by atoms with Crippen molar-refractivity contribution in [2.45, 2.75) is 19.3 Å².